The molecule has 0 bridgehead atoms. The van der Waals surface area contributed by atoms with Crippen molar-refractivity contribution in [3.8, 4) is 0 Å². The Bertz CT molecular complexity index is 508. The van der Waals surface area contributed by atoms with E-state index in [2.05, 4.69) is 13.8 Å². The number of rotatable bonds is 3. The van der Waals surface area contributed by atoms with Crippen LogP contribution < -0.4 is 5.73 Å². The number of nitrogen functional groups attached to an aromatic ring is 1. The van der Waals surface area contributed by atoms with Crippen LogP contribution >= 0.6 is 23.2 Å². The lowest BCUT2D eigenvalue weighted by Crippen LogP contribution is -2.42. The van der Waals surface area contributed by atoms with Crippen molar-refractivity contribution >= 4 is 34.8 Å². The first kappa shape index (κ1) is 16.4. The lowest BCUT2D eigenvalue weighted by molar-refractivity contribution is 0.0558. The average molecular weight is 329 g/mol. The summed E-state index contributed by atoms with van der Waals surface area (Å²) in [6.45, 7) is 6.06. The largest absolute Gasteiger partial charge is 0.396 e. The molecule has 1 heterocycles. The Morgan fingerprint density at radius 2 is 1.67 bits per heavy atom. The summed E-state index contributed by atoms with van der Waals surface area (Å²) < 4.78 is 0. The molecule has 0 radical (unpaired) electrons. The zero-order valence-corrected chi connectivity index (χ0v) is 14.1. The second-order valence-electron chi connectivity index (χ2n) is 5.85. The molecule has 1 fully saturated rings. The van der Waals surface area contributed by atoms with Crippen LogP contribution in [0, 0.1) is 5.41 Å². The Labute approximate surface area is 136 Å². The normalized spacial score (nSPS) is 17.8. The Balaban J connectivity index is 2.12. The molecule has 1 aromatic rings. The molecule has 0 spiro atoms. The molecule has 0 unspecified atom stereocenters. The number of nitrogens with zero attached hydrogens (tertiary/aromatic N) is 1. The molecule has 3 nitrogen and oxygen atoms in total. The fourth-order valence-corrected chi connectivity index (χ4v) is 3.52. The summed E-state index contributed by atoms with van der Waals surface area (Å²) in [5.41, 5.74) is 6.95. The molecule has 1 aliphatic heterocycles. The van der Waals surface area contributed by atoms with Crippen LogP contribution in [0.4, 0.5) is 5.69 Å². The van der Waals surface area contributed by atoms with E-state index in [4.69, 9.17) is 28.9 Å². The maximum atomic E-state index is 12.6. The molecular formula is C16H22Cl2N2O. The number of anilines is 1. The first-order chi connectivity index (χ1) is 9.92. The summed E-state index contributed by atoms with van der Waals surface area (Å²) >= 11 is 12.0. The summed E-state index contributed by atoms with van der Waals surface area (Å²) in [7, 11) is 0. The van der Waals surface area contributed by atoms with Gasteiger partial charge in [-0.15, -0.1) is 0 Å². The first-order valence-corrected chi connectivity index (χ1v) is 8.22. The lowest BCUT2D eigenvalue weighted by Gasteiger charge is -2.41. The van der Waals surface area contributed by atoms with Gasteiger partial charge in [0.2, 0.25) is 0 Å². The van der Waals surface area contributed by atoms with Gasteiger partial charge >= 0.3 is 0 Å². The molecular weight excluding hydrogens is 307 g/mol. The van der Waals surface area contributed by atoms with Gasteiger partial charge in [0.15, 0.2) is 0 Å². The molecule has 0 atom stereocenters. The third-order valence-corrected chi connectivity index (χ3v) is 5.56. The molecule has 0 aromatic heterocycles. The summed E-state index contributed by atoms with van der Waals surface area (Å²) in [6.07, 6.45) is 4.46. The predicted molar refractivity (Wildman–Crippen MR) is 89.0 cm³/mol. The number of amides is 1. The number of carbonyl (C=O) groups excluding carboxylic acids is 1. The number of likely N-dealkylation sites (tertiary alicyclic amines) is 1. The van der Waals surface area contributed by atoms with Crippen molar-refractivity contribution in [2.75, 3.05) is 18.8 Å². The SMILES string of the molecule is CCC1(CC)CCN(C(=O)c2cc(Cl)c(N)c(Cl)c2)CC1. The Kier molecular flexibility index (Phi) is 5.05. The van der Waals surface area contributed by atoms with Gasteiger partial charge < -0.3 is 10.6 Å². The van der Waals surface area contributed by atoms with E-state index in [0.29, 0.717) is 26.7 Å². The number of halogens is 2. The Hall–Kier alpha value is -0.930. The highest BCUT2D eigenvalue weighted by Gasteiger charge is 2.33. The highest BCUT2D eigenvalue weighted by molar-refractivity contribution is 6.39. The maximum Gasteiger partial charge on any atom is 0.253 e. The number of hydrogen-bond donors (Lipinski definition) is 1. The summed E-state index contributed by atoms with van der Waals surface area (Å²) in [6, 6.07) is 3.21. The summed E-state index contributed by atoms with van der Waals surface area (Å²) in [5.74, 6) is -0.0143. The van der Waals surface area contributed by atoms with E-state index in [0.717, 1.165) is 25.9 Å². The van der Waals surface area contributed by atoms with Crippen molar-refractivity contribution in [2.24, 2.45) is 5.41 Å². The van der Waals surface area contributed by atoms with Crippen molar-refractivity contribution in [3.63, 3.8) is 0 Å². The molecule has 0 saturated carbocycles. The maximum absolute atomic E-state index is 12.6. The Morgan fingerprint density at radius 1 is 1.19 bits per heavy atom. The predicted octanol–water partition coefficient (Wildman–Crippen LogP) is 4.62. The average Bonchev–Trinajstić information content (AvgIpc) is 2.51. The molecule has 1 saturated heterocycles. The van der Waals surface area contributed by atoms with Crippen molar-refractivity contribution in [1.82, 2.24) is 4.90 Å². The van der Waals surface area contributed by atoms with Gasteiger partial charge in [0.1, 0.15) is 0 Å². The van der Waals surface area contributed by atoms with Crippen LogP contribution in [0.5, 0.6) is 0 Å². The standard InChI is InChI=1S/C16H22Cl2N2O/c1-3-16(4-2)5-7-20(8-6-16)15(21)11-9-12(17)14(19)13(18)10-11/h9-10H,3-8,19H2,1-2H3. The Morgan fingerprint density at radius 3 is 2.10 bits per heavy atom. The van der Waals surface area contributed by atoms with Crippen LogP contribution in [0.2, 0.25) is 10.0 Å². The first-order valence-electron chi connectivity index (χ1n) is 7.46. The second-order valence-corrected chi connectivity index (χ2v) is 6.67. The number of nitrogens with two attached hydrogens (primary N) is 1. The van der Waals surface area contributed by atoms with Crippen molar-refractivity contribution < 1.29 is 4.79 Å². The van der Waals surface area contributed by atoms with Crippen LogP contribution in [0.15, 0.2) is 12.1 Å². The smallest absolute Gasteiger partial charge is 0.253 e. The quantitative estimate of drug-likeness (QED) is 0.823. The van der Waals surface area contributed by atoms with Gasteiger partial charge in [-0.2, -0.15) is 0 Å². The van der Waals surface area contributed by atoms with E-state index in [1.165, 1.54) is 12.8 Å². The van der Waals surface area contributed by atoms with Gasteiger partial charge in [0.25, 0.3) is 5.91 Å². The number of piperidine rings is 1. The molecule has 116 valence electrons. The van der Waals surface area contributed by atoms with E-state index in [1.807, 2.05) is 4.90 Å². The van der Waals surface area contributed by atoms with Gasteiger partial charge in [-0.1, -0.05) is 49.9 Å². The van der Waals surface area contributed by atoms with Crippen LogP contribution in [-0.2, 0) is 0 Å². The molecule has 21 heavy (non-hydrogen) atoms. The molecule has 2 rings (SSSR count). The number of hydrogen-bond acceptors (Lipinski definition) is 2. The van der Waals surface area contributed by atoms with E-state index in [9.17, 15) is 4.79 Å². The third-order valence-electron chi connectivity index (χ3n) is 4.94. The highest BCUT2D eigenvalue weighted by atomic mass is 35.5. The fourth-order valence-electron chi connectivity index (χ4n) is 3.03. The van der Waals surface area contributed by atoms with Crippen LogP contribution in [-0.4, -0.2) is 23.9 Å². The lowest BCUT2D eigenvalue weighted by atomic mass is 9.74. The van der Waals surface area contributed by atoms with Crippen molar-refractivity contribution in [3.05, 3.63) is 27.7 Å². The minimum absolute atomic E-state index is 0.0143. The zero-order valence-electron chi connectivity index (χ0n) is 12.6. The second kappa shape index (κ2) is 6.45. The third kappa shape index (κ3) is 3.29. The van der Waals surface area contributed by atoms with Gasteiger partial charge in [0, 0.05) is 18.7 Å². The topological polar surface area (TPSA) is 46.3 Å². The van der Waals surface area contributed by atoms with E-state index < -0.39 is 0 Å². The molecule has 1 amide bonds. The van der Waals surface area contributed by atoms with Crippen LogP contribution in [0.25, 0.3) is 0 Å². The van der Waals surface area contributed by atoms with Gasteiger partial charge in [0.05, 0.1) is 15.7 Å². The van der Waals surface area contributed by atoms with Crippen molar-refractivity contribution in [2.45, 2.75) is 39.5 Å². The van der Waals surface area contributed by atoms with E-state index >= 15 is 0 Å². The fraction of sp³-hybridized carbons (Fsp3) is 0.562. The van der Waals surface area contributed by atoms with Crippen LogP contribution in [0.1, 0.15) is 49.9 Å². The van der Waals surface area contributed by atoms with E-state index in [1.54, 1.807) is 12.1 Å². The molecule has 5 heteroatoms. The minimum Gasteiger partial charge on any atom is -0.396 e. The highest BCUT2D eigenvalue weighted by Crippen LogP contribution is 2.38. The van der Waals surface area contributed by atoms with Gasteiger partial charge in [-0.05, 0) is 30.4 Å². The summed E-state index contributed by atoms with van der Waals surface area (Å²) in [4.78, 5) is 14.5. The van der Waals surface area contributed by atoms with Crippen molar-refractivity contribution in [1.29, 1.82) is 0 Å². The monoisotopic (exact) mass is 328 g/mol. The molecule has 2 N–H and O–H groups in total. The minimum atomic E-state index is -0.0143. The number of benzene rings is 1. The van der Waals surface area contributed by atoms with Gasteiger partial charge in [-0.3, -0.25) is 4.79 Å². The summed E-state index contributed by atoms with van der Waals surface area (Å²) in [5, 5.41) is 0.665. The molecule has 1 aliphatic rings. The van der Waals surface area contributed by atoms with Gasteiger partial charge in [-0.25, -0.2) is 0 Å². The molecule has 1 aromatic carbocycles. The van der Waals surface area contributed by atoms with E-state index in [-0.39, 0.29) is 5.91 Å². The molecule has 0 aliphatic carbocycles. The zero-order chi connectivity index (χ0) is 15.6. The van der Waals surface area contributed by atoms with Crippen LogP contribution in [0.3, 0.4) is 0 Å². The number of carbonyl (C=O) groups is 1.